The Balaban J connectivity index is 1.82. The number of nitrogens with zero attached hydrogens (tertiary/aromatic N) is 2. The molecule has 0 fully saturated rings. The minimum absolute atomic E-state index is 0.0944. The molecule has 1 aromatic carbocycles. The molecule has 7 heteroatoms. The van der Waals surface area contributed by atoms with Crippen molar-refractivity contribution in [2.45, 2.75) is 26.8 Å². The van der Waals surface area contributed by atoms with Crippen LogP contribution in [0, 0.1) is 11.2 Å². The molecule has 6 nitrogen and oxygen atoms in total. The van der Waals surface area contributed by atoms with E-state index in [1.54, 1.807) is 29.1 Å². The number of amides is 2. The highest BCUT2D eigenvalue weighted by molar-refractivity contribution is 5.73. The average Bonchev–Trinajstić information content (AvgIpc) is 3.01. The fourth-order valence-corrected chi connectivity index (χ4v) is 2.14. The molecular formula is C17H23FN4O2. The number of hydrogen-bond acceptors (Lipinski definition) is 3. The Morgan fingerprint density at radius 3 is 2.62 bits per heavy atom. The number of aliphatic hydroxyl groups excluding tert-OH is 1. The van der Waals surface area contributed by atoms with Gasteiger partial charge in [0.15, 0.2) is 0 Å². The second-order valence-electron chi connectivity index (χ2n) is 6.40. The highest BCUT2D eigenvalue weighted by Gasteiger charge is 2.18. The van der Waals surface area contributed by atoms with Crippen LogP contribution in [0.4, 0.5) is 9.18 Å². The van der Waals surface area contributed by atoms with Crippen molar-refractivity contribution in [3.63, 3.8) is 0 Å². The Morgan fingerprint density at radius 2 is 1.96 bits per heavy atom. The number of carbonyl (C=O) groups excluding carboxylic acids is 1. The summed E-state index contributed by atoms with van der Waals surface area (Å²) in [5.74, 6) is -0.298. The summed E-state index contributed by atoms with van der Waals surface area (Å²) in [7, 11) is 0. The Kier molecular flexibility index (Phi) is 5.92. The maximum Gasteiger partial charge on any atom is 0.315 e. The Hall–Kier alpha value is -2.41. The molecular weight excluding hydrogens is 311 g/mol. The third-order valence-electron chi connectivity index (χ3n) is 3.68. The number of halogens is 1. The minimum atomic E-state index is -0.298. The highest BCUT2D eigenvalue weighted by Crippen LogP contribution is 2.17. The van der Waals surface area contributed by atoms with Crippen LogP contribution in [0.3, 0.4) is 0 Å². The van der Waals surface area contributed by atoms with Crippen molar-refractivity contribution in [3.8, 4) is 5.69 Å². The molecule has 1 aromatic heterocycles. The van der Waals surface area contributed by atoms with Gasteiger partial charge in [-0.05, 0) is 42.2 Å². The Labute approximate surface area is 140 Å². The summed E-state index contributed by atoms with van der Waals surface area (Å²) in [5.41, 5.74) is 1.29. The van der Waals surface area contributed by atoms with Crippen LogP contribution in [0.5, 0.6) is 0 Å². The van der Waals surface area contributed by atoms with E-state index in [1.165, 1.54) is 12.1 Å². The lowest BCUT2D eigenvalue weighted by atomic mass is 9.90. The van der Waals surface area contributed by atoms with Crippen molar-refractivity contribution in [1.29, 1.82) is 0 Å². The molecule has 2 amide bonds. The predicted molar refractivity (Wildman–Crippen MR) is 89.2 cm³/mol. The van der Waals surface area contributed by atoms with Crippen LogP contribution in [-0.2, 0) is 6.54 Å². The van der Waals surface area contributed by atoms with Crippen LogP contribution in [0.2, 0.25) is 0 Å². The van der Waals surface area contributed by atoms with Gasteiger partial charge in [0.05, 0.1) is 17.9 Å². The molecule has 0 unspecified atom stereocenters. The summed E-state index contributed by atoms with van der Waals surface area (Å²) < 4.78 is 14.5. The van der Waals surface area contributed by atoms with E-state index in [0.717, 1.165) is 5.69 Å². The standard InChI is InChI=1S/C17H23FN4O2/c1-17(2,8-10-23)12-20-16(24)19-11-14-7-9-22(21-14)15-5-3-13(18)4-6-15/h3-7,9,23H,8,10-12H2,1-2H3,(H2,19,20,24). The zero-order chi connectivity index (χ0) is 17.6. The van der Waals surface area contributed by atoms with Crippen molar-refractivity contribution < 1.29 is 14.3 Å². The Bertz CT molecular complexity index is 667. The van der Waals surface area contributed by atoms with Crippen molar-refractivity contribution >= 4 is 6.03 Å². The van der Waals surface area contributed by atoms with Gasteiger partial charge in [0.2, 0.25) is 0 Å². The summed E-state index contributed by atoms with van der Waals surface area (Å²) in [4.78, 5) is 11.8. The number of aromatic nitrogens is 2. The molecule has 0 aliphatic rings. The number of rotatable bonds is 7. The van der Waals surface area contributed by atoms with Gasteiger partial charge in [0.1, 0.15) is 5.82 Å². The number of hydrogen-bond donors (Lipinski definition) is 3. The smallest absolute Gasteiger partial charge is 0.315 e. The van der Waals surface area contributed by atoms with Crippen LogP contribution in [0.15, 0.2) is 36.5 Å². The predicted octanol–water partition coefficient (Wildman–Crippen LogP) is 2.22. The van der Waals surface area contributed by atoms with Crippen molar-refractivity contribution in [2.24, 2.45) is 5.41 Å². The molecule has 0 spiro atoms. The van der Waals surface area contributed by atoms with Gasteiger partial charge in [-0.2, -0.15) is 5.10 Å². The molecule has 0 bridgehead atoms. The van der Waals surface area contributed by atoms with Crippen molar-refractivity contribution in [3.05, 3.63) is 48.0 Å². The first-order chi connectivity index (χ1) is 11.4. The van der Waals surface area contributed by atoms with E-state index in [-0.39, 0.29) is 23.9 Å². The lowest BCUT2D eigenvalue weighted by molar-refractivity contribution is 0.201. The van der Waals surface area contributed by atoms with Crippen LogP contribution in [0.1, 0.15) is 26.0 Å². The van der Waals surface area contributed by atoms with Gasteiger partial charge in [-0.25, -0.2) is 13.9 Å². The topological polar surface area (TPSA) is 79.2 Å². The first-order valence-corrected chi connectivity index (χ1v) is 7.83. The minimum Gasteiger partial charge on any atom is -0.396 e. The first-order valence-electron chi connectivity index (χ1n) is 7.83. The molecule has 3 N–H and O–H groups in total. The molecule has 2 rings (SSSR count). The number of urea groups is 1. The molecule has 24 heavy (non-hydrogen) atoms. The maximum absolute atomic E-state index is 12.9. The van der Waals surface area contributed by atoms with Crippen LogP contribution >= 0.6 is 0 Å². The first kappa shape index (κ1) is 17.9. The quantitative estimate of drug-likeness (QED) is 0.726. The zero-order valence-corrected chi connectivity index (χ0v) is 13.9. The molecule has 130 valence electrons. The fourth-order valence-electron chi connectivity index (χ4n) is 2.14. The molecule has 0 aliphatic heterocycles. The lowest BCUT2D eigenvalue weighted by Crippen LogP contribution is -2.40. The normalized spacial score (nSPS) is 11.3. The number of carbonyl (C=O) groups is 1. The van der Waals surface area contributed by atoms with Crippen molar-refractivity contribution in [2.75, 3.05) is 13.2 Å². The third kappa shape index (κ3) is 5.34. The SMILES string of the molecule is CC(C)(CCO)CNC(=O)NCc1ccn(-c2ccc(F)cc2)n1. The number of aliphatic hydroxyl groups is 1. The van der Waals surface area contributed by atoms with Gasteiger partial charge in [-0.3, -0.25) is 0 Å². The molecule has 0 saturated carbocycles. The highest BCUT2D eigenvalue weighted by atomic mass is 19.1. The zero-order valence-electron chi connectivity index (χ0n) is 13.9. The van der Waals surface area contributed by atoms with Gasteiger partial charge in [0.25, 0.3) is 0 Å². The van der Waals surface area contributed by atoms with Gasteiger partial charge < -0.3 is 15.7 Å². The molecule has 1 heterocycles. The molecule has 0 saturated heterocycles. The van der Waals surface area contributed by atoms with E-state index >= 15 is 0 Å². The molecule has 0 aliphatic carbocycles. The average molecular weight is 334 g/mol. The largest absolute Gasteiger partial charge is 0.396 e. The van der Waals surface area contributed by atoms with E-state index < -0.39 is 0 Å². The molecule has 0 radical (unpaired) electrons. The summed E-state index contributed by atoms with van der Waals surface area (Å²) in [5, 5.41) is 18.8. The summed E-state index contributed by atoms with van der Waals surface area (Å²) in [6.45, 7) is 4.82. The van der Waals surface area contributed by atoms with Crippen LogP contribution in [0.25, 0.3) is 5.69 Å². The maximum atomic E-state index is 12.9. The van der Waals surface area contributed by atoms with Gasteiger partial charge >= 0.3 is 6.03 Å². The lowest BCUT2D eigenvalue weighted by Gasteiger charge is -2.23. The third-order valence-corrected chi connectivity index (χ3v) is 3.68. The van der Waals surface area contributed by atoms with E-state index in [4.69, 9.17) is 5.11 Å². The molecule has 0 atom stereocenters. The van der Waals surface area contributed by atoms with Gasteiger partial charge in [0, 0.05) is 19.3 Å². The summed E-state index contributed by atoms with van der Waals surface area (Å²) >= 11 is 0. The van der Waals surface area contributed by atoms with Gasteiger partial charge in [-0.1, -0.05) is 13.8 Å². The van der Waals surface area contributed by atoms with Crippen LogP contribution in [-0.4, -0.2) is 34.1 Å². The summed E-state index contributed by atoms with van der Waals surface area (Å²) in [6.07, 6.45) is 2.38. The van der Waals surface area contributed by atoms with Crippen molar-refractivity contribution in [1.82, 2.24) is 20.4 Å². The van der Waals surface area contributed by atoms with Gasteiger partial charge in [-0.15, -0.1) is 0 Å². The monoisotopic (exact) mass is 334 g/mol. The number of benzene rings is 1. The fraction of sp³-hybridized carbons (Fsp3) is 0.412. The Morgan fingerprint density at radius 1 is 1.25 bits per heavy atom. The second-order valence-corrected chi connectivity index (χ2v) is 6.40. The number of nitrogens with one attached hydrogen (secondary N) is 2. The molecule has 2 aromatic rings. The van der Waals surface area contributed by atoms with E-state index in [2.05, 4.69) is 15.7 Å². The second kappa shape index (κ2) is 7.92. The van der Waals surface area contributed by atoms with E-state index in [1.807, 2.05) is 13.8 Å². The van der Waals surface area contributed by atoms with Crippen LogP contribution < -0.4 is 10.6 Å². The van der Waals surface area contributed by atoms with E-state index in [0.29, 0.717) is 25.2 Å². The summed E-state index contributed by atoms with van der Waals surface area (Å²) in [6, 6.07) is 7.52. The van der Waals surface area contributed by atoms with E-state index in [9.17, 15) is 9.18 Å².